The molecular formula is C13H21NO4S. The molecule has 0 saturated heterocycles. The third kappa shape index (κ3) is 5.08. The van der Waals surface area contributed by atoms with E-state index in [1.54, 1.807) is 14.2 Å². The highest BCUT2D eigenvalue weighted by molar-refractivity contribution is 7.90. The molecule has 0 bridgehead atoms. The first kappa shape index (κ1) is 15.8. The number of ether oxygens (including phenoxy) is 2. The average molecular weight is 287 g/mol. The van der Waals surface area contributed by atoms with Crippen LogP contribution in [0.25, 0.3) is 0 Å². The fraction of sp³-hybridized carbons (Fsp3) is 0.538. The largest absolute Gasteiger partial charge is 0.493 e. The van der Waals surface area contributed by atoms with Crippen LogP contribution in [0.4, 0.5) is 0 Å². The van der Waals surface area contributed by atoms with Gasteiger partial charge < -0.3 is 14.8 Å². The van der Waals surface area contributed by atoms with E-state index in [4.69, 9.17) is 9.47 Å². The number of nitrogens with one attached hydrogen (secondary N) is 1. The maximum atomic E-state index is 11.2. The predicted octanol–water partition coefficient (Wildman–Crippen LogP) is 1.23. The van der Waals surface area contributed by atoms with Crippen molar-refractivity contribution in [1.29, 1.82) is 0 Å². The van der Waals surface area contributed by atoms with Gasteiger partial charge in [-0.1, -0.05) is 12.1 Å². The molecule has 19 heavy (non-hydrogen) atoms. The lowest BCUT2D eigenvalue weighted by molar-refractivity contribution is 0.350. The highest BCUT2D eigenvalue weighted by Gasteiger charge is 2.13. The third-order valence-electron chi connectivity index (χ3n) is 2.68. The standard InChI is InChI=1S/C13H21NO4S/c1-10(9-19(4,15)16)14-8-11-6-5-7-12(17-2)13(11)18-3/h5-7,10,14H,8-9H2,1-4H3. The Morgan fingerprint density at radius 1 is 1.26 bits per heavy atom. The lowest BCUT2D eigenvalue weighted by atomic mass is 10.1. The molecular weight excluding hydrogens is 266 g/mol. The van der Waals surface area contributed by atoms with E-state index in [2.05, 4.69) is 5.32 Å². The van der Waals surface area contributed by atoms with Crippen molar-refractivity contribution in [2.45, 2.75) is 19.5 Å². The molecule has 0 aliphatic carbocycles. The number of hydrogen-bond donors (Lipinski definition) is 1. The molecule has 5 nitrogen and oxygen atoms in total. The van der Waals surface area contributed by atoms with Crippen LogP contribution in [0, 0.1) is 0 Å². The smallest absolute Gasteiger partial charge is 0.165 e. The second-order valence-corrected chi connectivity index (χ2v) is 6.71. The maximum Gasteiger partial charge on any atom is 0.165 e. The molecule has 0 aromatic heterocycles. The maximum absolute atomic E-state index is 11.2. The number of hydrogen-bond acceptors (Lipinski definition) is 5. The topological polar surface area (TPSA) is 64.6 Å². The molecule has 0 heterocycles. The molecule has 1 atom stereocenters. The van der Waals surface area contributed by atoms with Crippen molar-refractivity contribution < 1.29 is 17.9 Å². The number of para-hydroxylation sites is 1. The molecule has 0 fully saturated rings. The Morgan fingerprint density at radius 2 is 1.95 bits per heavy atom. The second kappa shape index (κ2) is 6.77. The van der Waals surface area contributed by atoms with E-state index in [1.165, 1.54) is 6.26 Å². The first-order chi connectivity index (χ1) is 8.87. The first-order valence-corrected chi connectivity index (χ1v) is 8.04. The van der Waals surface area contributed by atoms with Gasteiger partial charge in [0, 0.05) is 24.4 Å². The van der Waals surface area contributed by atoms with Crippen molar-refractivity contribution in [3.05, 3.63) is 23.8 Å². The summed E-state index contributed by atoms with van der Waals surface area (Å²) in [7, 11) is 0.195. The van der Waals surface area contributed by atoms with Gasteiger partial charge in [-0.3, -0.25) is 0 Å². The fourth-order valence-electron chi connectivity index (χ4n) is 1.89. The van der Waals surface area contributed by atoms with Gasteiger partial charge in [-0.25, -0.2) is 8.42 Å². The van der Waals surface area contributed by atoms with E-state index < -0.39 is 9.84 Å². The lowest BCUT2D eigenvalue weighted by Gasteiger charge is -2.16. The normalized spacial score (nSPS) is 13.1. The zero-order valence-electron chi connectivity index (χ0n) is 11.8. The highest BCUT2D eigenvalue weighted by atomic mass is 32.2. The van der Waals surface area contributed by atoms with E-state index in [9.17, 15) is 8.42 Å². The van der Waals surface area contributed by atoms with Crippen LogP contribution in [-0.4, -0.2) is 40.7 Å². The molecule has 0 saturated carbocycles. The molecule has 0 amide bonds. The number of benzene rings is 1. The Bertz CT molecular complexity index is 513. The van der Waals surface area contributed by atoms with Gasteiger partial charge in [0.05, 0.1) is 20.0 Å². The minimum absolute atomic E-state index is 0.110. The summed E-state index contributed by atoms with van der Waals surface area (Å²) in [4.78, 5) is 0. The van der Waals surface area contributed by atoms with Gasteiger partial charge >= 0.3 is 0 Å². The Kier molecular flexibility index (Phi) is 5.62. The predicted molar refractivity (Wildman–Crippen MR) is 75.6 cm³/mol. The zero-order chi connectivity index (χ0) is 14.5. The van der Waals surface area contributed by atoms with E-state index in [0.717, 1.165) is 5.56 Å². The fourth-order valence-corrected chi connectivity index (χ4v) is 2.92. The van der Waals surface area contributed by atoms with Crippen LogP contribution in [-0.2, 0) is 16.4 Å². The lowest BCUT2D eigenvalue weighted by Crippen LogP contribution is -2.32. The summed E-state index contributed by atoms with van der Waals surface area (Å²) in [6, 6.07) is 5.49. The van der Waals surface area contributed by atoms with Gasteiger partial charge in [0.15, 0.2) is 11.5 Å². The van der Waals surface area contributed by atoms with Gasteiger partial charge in [0.1, 0.15) is 9.84 Å². The van der Waals surface area contributed by atoms with Crippen LogP contribution in [0.3, 0.4) is 0 Å². The number of rotatable bonds is 7. The van der Waals surface area contributed by atoms with E-state index in [0.29, 0.717) is 18.0 Å². The zero-order valence-corrected chi connectivity index (χ0v) is 12.6. The molecule has 108 valence electrons. The van der Waals surface area contributed by atoms with Gasteiger partial charge in [-0.2, -0.15) is 0 Å². The number of methoxy groups -OCH3 is 2. The molecule has 0 aliphatic rings. The van der Waals surface area contributed by atoms with Crippen molar-refractivity contribution in [1.82, 2.24) is 5.32 Å². The van der Waals surface area contributed by atoms with Crippen LogP contribution in [0.1, 0.15) is 12.5 Å². The Morgan fingerprint density at radius 3 is 2.47 bits per heavy atom. The minimum atomic E-state index is -2.97. The Labute approximate surface area is 114 Å². The summed E-state index contributed by atoms with van der Waals surface area (Å²) in [5.41, 5.74) is 0.933. The van der Waals surface area contributed by atoms with Crippen LogP contribution >= 0.6 is 0 Å². The van der Waals surface area contributed by atoms with Gasteiger partial charge in [0.25, 0.3) is 0 Å². The summed E-state index contributed by atoms with van der Waals surface area (Å²) in [5.74, 6) is 1.45. The van der Waals surface area contributed by atoms with E-state index in [-0.39, 0.29) is 11.8 Å². The van der Waals surface area contributed by atoms with Crippen LogP contribution in [0.2, 0.25) is 0 Å². The molecule has 1 rings (SSSR count). The summed E-state index contributed by atoms with van der Waals surface area (Å²) < 4.78 is 32.9. The van der Waals surface area contributed by atoms with E-state index >= 15 is 0 Å². The first-order valence-electron chi connectivity index (χ1n) is 5.98. The molecule has 1 aromatic rings. The van der Waals surface area contributed by atoms with Crippen molar-refractivity contribution in [3.8, 4) is 11.5 Å². The molecule has 0 radical (unpaired) electrons. The minimum Gasteiger partial charge on any atom is -0.493 e. The average Bonchev–Trinajstić information content (AvgIpc) is 2.33. The summed E-state index contributed by atoms with van der Waals surface area (Å²) >= 11 is 0. The highest BCUT2D eigenvalue weighted by Crippen LogP contribution is 2.30. The third-order valence-corrected chi connectivity index (χ3v) is 3.78. The SMILES string of the molecule is COc1cccc(CNC(C)CS(C)(=O)=O)c1OC. The van der Waals surface area contributed by atoms with Gasteiger partial charge in [-0.15, -0.1) is 0 Å². The summed E-state index contributed by atoms with van der Waals surface area (Å²) in [6.07, 6.45) is 1.23. The van der Waals surface area contributed by atoms with Crippen LogP contribution in [0.15, 0.2) is 18.2 Å². The monoisotopic (exact) mass is 287 g/mol. The van der Waals surface area contributed by atoms with Crippen molar-refractivity contribution >= 4 is 9.84 Å². The number of sulfone groups is 1. The molecule has 0 spiro atoms. The summed E-state index contributed by atoms with van der Waals surface area (Å²) in [5, 5.41) is 3.17. The van der Waals surface area contributed by atoms with Gasteiger partial charge in [-0.05, 0) is 13.0 Å². The van der Waals surface area contributed by atoms with Crippen molar-refractivity contribution in [3.63, 3.8) is 0 Å². The van der Waals surface area contributed by atoms with Crippen molar-refractivity contribution in [2.75, 3.05) is 26.2 Å². The Balaban J connectivity index is 2.72. The molecule has 6 heteroatoms. The summed E-state index contributed by atoms with van der Waals surface area (Å²) in [6.45, 7) is 2.37. The van der Waals surface area contributed by atoms with Crippen LogP contribution in [0.5, 0.6) is 11.5 Å². The second-order valence-electron chi connectivity index (χ2n) is 4.53. The van der Waals surface area contributed by atoms with Gasteiger partial charge in [0.2, 0.25) is 0 Å². The molecule has 1 aromatic carbocycles. The quantitative estimate of drug-likeness (QED) is 0.817. The van der Waals surface area contributed by atoms with E-state index in [1.807, 2.05) is 25.1 Å². The van der Waals surface area contributed by atoms with Crippen LogP contribution < -0.4 is 14.8 Å². The van der Waals surface area contributed by atoms with Crippen molar-refractivity contribution in [2.24, 2.45) is 0 Å². The molecule has 1 unspecified atom stereocenters. The molecule has 0 aliphatic heterocycles. The molecule has 1 N–H and O–H groups in total. The Hall–Kier alpha value is -1.27.